The molecule has 0 atom stereocenters. The summed E-state index contributed by atoms with van der Waals surface area (Å²) in [5, 5.41) is 14.7. The van der Waals surface area contributed by atoms with Gasteiger partial charge in [0.1, 0.15) is 18.6 Å². The van der Waals surface area contributed by atoms with Crippen LogP contribution < -0.4 is 15.4 Å². The lowest BCUT2D eigenvalue weighted by Gasteiger charge is -2.11. The third kappa shape index (κ3) is 5.33. The molecule has 0 spiro atoms. The molecule has 1 aliphatic rings. The molecule has 1 aromatic carbocycles. The number of aromatic nitrogens is 3. The van der Waals surface area contributed by atoms with Gasteiger partial charge in [0.05, 0.1) is 6.61 Å². The van der Waals surface area contributed by atoms with Gasteiger partial charge in [-0.05, 0) is 37.5 Å². The van der Waals surface area contributed by atoms with Gasteiger partial charge in [-0.15, -0.1) is 34.2 Å². The Bertz CT molecular complexity index is 730. The summed E-state index contributed by atoms with van der Waals surface area (Å²) in [5.74, 6) is 2.71. The van der Waals surface area contributed by atoms with E-state index >= 15 is 0 Å². The highest BCUT2D eigenvalue weighted by molar-refractivity contribution is 14.0. The van der Waals surface area contributed by atoms with Gasteiger partial charge in [-0.2, -0.15) is 0 Å². The minimum Gasteiger partial charge on any atom is -0.493 e. The zero-order valence-electron chi connectivity index (χ0n) is 15.4. The zero-order chi connectivity index (χ0) is 17.5. The van der Waals surface area contributed by atoms with Crippen molar-refractivity contribution in [1.82, 2.24) is 25.4 Å². The summed E-state index contributed by atoms with van der Waals surface area (Å²) >= 11 is 0. The first-order valence-electron chi connectivity index (χ1n) is 8.93. The Balaban J connectivity index is 0.00000243. The molecule has 26 heavy (non-hydrogen) atoms. The van der Waals surface area contributed by atoms with Crippen LogP contribution in [0.3, 0.4) is 0 Å². The van der Waals surface area contributed by atoms with Crippen LogP contribution in [0, 0.1) is 0 Å². The highest BCUT2D eigenvalue weighted by atomic mass is 127. The molecule has 3 rings (SSSR count). The van der Waals surface area contributed by atoms with Crippen LogP contribution >= 0.6 is 24.0 Å². The largest absolute Gasteiger partial charge is 0.493 e. The topological polar surface area (TPSA) is 76.4 Å². The van der Waals surface area contributed by atoms with Crippen LogP contribution in [0.15, 0.2) is 29.5 Å². The Hall–Kier alpha value is -1.84. The van der Waals surface area contributed by atoms with E-state index < -0.39 is 0 Å². The zero-order valence-corrected chi connectivity index (χ0v) is 17.7. The van der Waals surface area contributed by atoms with Crippen LogP contribution in [-0.4, -0.2) is 40.4 Å². The van der Waals surface area contributed by atoms with Crippen molar-refractivity contribution >= 4 is 29.9 Å². The Morgan fingerprint density at radius 1 is 1.31 bits per heavy atom. The molecule has 0 radical (unpaired) electrons. The van der Waals surface area contributed by atoms with E-state index in [-0.39, 0.29) is 24.0 Å². The quantitative estimate of drug-likeness (QED) is 0.369. The molecule has 8 heteroatoms. The van der Waals surface area contributed by atoms with E-state index in [1.54, 1.807) is 6.33 Å². The first-order valence-corrected chi connectivity index (χ1v) is 8.93. The molecular weight excluding hydrogens is 443 g/mol. The second-order valence-electron chi connectivity index (χ2n) is 5.95. The summed E-state index contributed by atoms with van der Waals surface area (Å²) in [4.78, 5) is 4.60. The average molecular weight is 470 g/mol. The summed E-state index contributed by atoms with van der Waals surface area (Å²) in [6.45, 7) is 7.95. The van der Waals surface area contributed by atoms with Crippen LogP contribution in [0.1, 0.15) is 30.8 Å². The molecule has 0 bridgehead atoms. The molecule has 2 N–H and O–H groups in total. The van der Waals surface area contributed by atoms with Gasteiger partial charge in [0.25, 0.3) is 0 Å². The molecule has 0 amide bonds. The lowest BCUT2D eigenvalue weighted by Crippen LogP contribution is -2.38. The number of aliphatic imine (C=N–C) groups is 1. The van der Waals surface area contributed by atoms with E-state index in [1.165, 1.54) is 11.1 Å². The van der Waals surface area contributed by atoms with E-state index in [4.69, 9.17) is 4.74 Å². The highest BCUT2D eigenvalue weighted by Crippen LogP contribution is 2.25. The van der Waals surface area contributed by atoms with Gasteiger partial charge >= 0.3 is 0 Å². The van der Waals surface area contributed by atoms with Crippen LogP contribution in [-0.2, 0) is 25.9 Å². The third-order valence-electron chi connectivity index (χ3n) is 4.22. The van der Waals surface area contributed by atoms with Crippen molar-refractivity contribution in [2.24, 2.45) is 4.99 Å². The molecule has 0 aliphatic carbocycles. The van der Waals surface area contributed by atoms with Crippen molar-refractivity contribution in [3.8, 4) is 5.75 Å². The standard InChI is InChI=1S/C18H26N6O.HI/c1-3-19-18(21-12-17-23-22-13-24(17)4-2)20-9-7-14-5-6-16-15(11-14)8-10-25-16;/h5-6,11,13H,3-4,7-10,12H2,1-2H3,(H2,19,20,21);1H. The average Bonchev–Trinajstić information content (AvgIpc) is 3.27. The molecule has 7 nitrogen and oxygen atoms in total. The van der Waals surface area contributed by atoms with Crippen molar-refractivity contribution < 1.29 is 4.74 Å². The van der Waals surface area contributed by atoms with E-state index in [9.17, 15) is 0 Å². The number of halogens is 1. The van der Waals surface area contributed by atoms with Gasteiger partial charge in [0, 0.05) is 26.1 Å². The molecule has 0 fully saturated rings. The minimum absolute atomic E-state index is 0. The molecule has 142 valence electrons. The van der Waals surface area contributed by atoms with Crippen LogP contribution in [0.2, 0.25) is 0 Å². The summed E-state index contributed by atoms with van der Waals surface area (Å²) in [6.07, 6.45) is 3.70. The summed E-state index contributed by atoms with van der Waals surface area (Å²) in [7, 11) is 0. The number of aryl methyl sites for hydroxylation is 1. The number of fused-ring (bicyclic) bond motifs is 1. The van der Waals surface area contributed by atoms with Crippen molar-refractivity contribution in [3.63, 3.8) is 0 Å². The summed E-state index contributed by atoms with van der Waals surface area (Å²) in [6, 6.07) is 6.46. The molecule has 2 heterocycles. The van der Waals surface area contributed by atoms with E-state index in [0.29, 0.717) is 6.54 Å². The second-order valence-corrected chi connectivity index (χ2v) is 5.95. The molecule has 0 unspecified atom stereocenters. The SMILES string of the molecule is CCNC(=NCc1nncn1CC)NCCc1ccc2c(c1)CCO2.I. The monoisotopic (exact) mass is 470 g/mol. The molecular formula is C18H27IN6O. The predicted molar refractivity (Wildman–Crippen MR) is 113 cm³/mol. The fourth-order valence-electron chi connectivity index (χ4n) is 2.88. The van der Waals surface area contributed by atoms with Gasteiger partial charge in [0.15, 0.2) is 11.8 Å². The van der Waals surface area contributed by atoms with Gasteiger partial charge in [-0.25, -0.2) is 4.99 Å². The Kier molecular flexibility index (Phi) is 8.14. The van der Waals surface area contributed by atoms with Gasteiger partial charge in [0.2, 0.25) is 0 Å². The number of ether oxygens (including phenoxy) is 1. The molecule has 0 saturated heterocycles. The Labute approximate surface area is 171 Å². The fraction of sp³-hybridized carbons (Fsp3) is 0.500. The predicted octanol–water partition coefficient (Wildman–Crippen LogP) is 2.15. The van der Waals surface area contributed by atoms with Gasteiger partial charge < -0.3 is 19.9 Å². The minimum atomic E-state index is 0. The smallest absolute Gasteiger partial charge is 0.191 e. The maximum atomic E-state index is 5.56. The van der Waals surface area contributed by atoms with Crippen molar-refractivity contribution in [1.29, 1.82) is 0 Å². The molecule has 0 saturated carbocycles. The molecule has 1 aromatic heterocycles. The first-order chi connectivity index (χ1) is 12.3. The molecule has 2 aromatic rings. The van der Waals surface area contributed by atoms with Crippen LogP contribution in [0.25, 0.3) is 0 Å². The number of nitrogens with one attached hydrogen (secondary N) is 2. The normalized spacial score (nSPS) is 12.9. The first kappa shape index (κ1) is 20.5. The maximum absolute atomic E-state index is 5.56. The fourth-order valence-corrected chi connectivity index (χ4v) is 2.88. The summed E-state index contributed by atoms with van der Waals surface area (Å²) in [5.41, 5.74) is 2.63. The van der Waals surface area contributed by atoms with Crippen molar-refractivity contribution in [2.75, 3.05) is 19.7 Å². The summed E-state index contributed by atoms with van der Waals surface area (Å²) < 4.78 is 7.56. The third-order valence-corrected chi connectivity index (χ3v) is 4.22. The van der Waals surface area contributed by atoms with Gasteiger partial charge in [-0.3, -0.25) is 0 Å². The number of nitrogens with zero attached hydrogens (tertiary/aromatic N) is 4. The second kappa shape index (κ2) is 10.3. The van der Waals surface area contributed by atoms with Crippen molar-refractivity contribution in [2.45, 2.75) is 39.8 Å². The maximum Gasteiger partial charge on any atom is 0.191 e. The van der Waals surface area contributed by atoms with Crippen LogP contribution in [0.4, 0.5) is 0 Å². The molecule has 1 aliphatic heterocycles. The highest BCUT2D eigenvalue weighted by Gasteiger charge is 2.11. The van der Waals surface area contributed by atoms with Crippen LogP contribution in [0.5, 0.6) is 5.75 Å². The van der Waals surface area contributed by atoms with Crippen molar-refractivity contribution in [3.05, 3.63) is 41.5 Å². The number of hydrogen-bond acceptors (Lipinski definition) is 4. The lowest BCUT2D eigenvalue weighted by molar-refractivity contribution is 0.357. The Morgan fingerprint density at radius 3 is 3.00 bits per heavy atom. The lowest BCUT2D eigenvalue weighted by atomic mass is 10.1. The van der Waals surface area contributed by atoms with E-state index in [2.05, 4.69) is 57.9 Å². The number of guanidine groups is 1. The van der Waals surface area contributed by atoms with Gasteiger partial charge in [-0.1, -0.05) is 12.1 Å². The number of rotatable bonds is 7. The van der Waals surface area contributed by atoms with E-state index in [0.717, 1.165) is 56.6 Å². The number of hydrogen-bond donors (Lipinski definition) is 2. The van der Waals surface area contributed by atoms with E-state index in [1.807, 2.05) is 4.57 Å². The Morgan fingerprint density at radius 2 is 2.19 bits per heavy atom. The number of benzene rings is 1.